The molecule has 1 aliphatic heterocycles. The summed E-state index contributed by atoms with van der Waals surface area (Å²) in [5.41, 5.74) is 3.78. The Balaban J connectivity index is 1.85. The zero-order valence-corrected chi connectivity index (χ0v) is 16.4. The molecule has 138 valence electrons. The lowest BCUT2D eigenvalue weighted by atomic mass is 10.1. The van der Waals surface area contributed by atoms with Gasteiger partial charge < -0.3 is 10.2 Å². The van der Waals surface area contributed by atoms with E-state index in [4.69, 9.17) is 11.6 Å². The van der Waals surface area contributed by atoms with Gasteiger partial charge in [-0.15, -0.1) is 0 Å². The fourth-order valence-electron chi connectivity index (χ4n) is 3.33. The van der Waals surface area contributed by atoms with Crippen molar-refractivity contribution in [2.24, 2.45) is 0 Å². The van der Waals surface area contributed by atoms with Crippen LogP contribution in [0.1, 0.15) is 53.0 Å². The van der Waals surface area contributed by atoms with E-state index in [1.54, 1.807) is 6.07 Å². The fourth-order valence-corrected chi connectivity index (χ4v) is 3.70. The van der Waals surface area contributed by atoms with Gasteiger partial charge in [0.05, 0.1) is 10.7 Å². The lowest BCUT2D eigenvalue weighted by Gasteiger charge is -2.21. The molecule has 1 aromatic carbocycles. The van der Waals surface area contributed by atoms with Gasteiger partial charge in [0.25, 0.3) is 5.91 Å². The van der Waals surface area contributed by atoms with Gasteiger partial charge in [0, 0.05) is 18.8 Å². The number of hydrogen-bond acceptors (Lipinski definition) is 4. The van der Waals surface area contributed by atoms with Crippen LogP contribution in [0.4, 0.5) is 11.6 Å². The Bertz CT molecular complexity index is 790. The van der Waals surface area contributed by atoms with E-state index in [1.807, 2.05) is 32.9 Å². The van der Waals surface area contributed by atoms with E-state index >= 15 is 0 Å². The number of carbonyl (C=O) groups excluding carboxylic acids is 1. The molecule has 0 atom stereocenters. The van der Waals surface area contributed by atoms with E-state index in [9.17, 15) is 4.79 Å². The summed E-state index contributed by atoms with van der Waals surface area (Å²) in [7, 11) is 0. The van der Waals surface area contributed by atoms with Crippen LogP contribution >= 0.6 is 11.6 Å². The fraction of sp³-hybridized carbons (Fsp3) is 0.450. The molecule has 1 N–H and O–H groups in total. The van der Waals surface area contributed by atoms with Crippen LogP contribution in [0, 0.1) is 20.8 Å². The SMILES string of the molecule is Cc1cc(C)c(NC(=O)c2cc(C)nc(N3CCCCCC3)n2)c(Cl)c1. The predicted molar refractivity (Wildman–Crippen MR) is 106 cm³/mol. The molecular weight excluding hydrogens is 348 g/mol. The Hall–Kier alpha value is -2.14. The molecule has 0 spiro atoms. The molecule has 0 radical (unpaired) electrons. The molecule has 1 aliphatic rings. The number of carbonyl (C=O) groups is 1. The first kappa shape index (κ1) is 18.6. The molecule has 6 heteroatoms. The Kier molecular flexibility index (Phi) is 5.77. The number of rotatable bonds is 3. The van der Waals surface area contributed by atoms with E-state index in [1.165, 1.54) is 12.8 Å². The van der Waals surface area contributed by atoms with Crippen LogP contribution in [0.25, 0.3) is 0 Å². The van der Waals surface area contributed by atoms with Crippen molar-refractivity contribution in [2.75, 3.05) is 23.3 Å². The second-order valence-corrected chi connectivity index (χ2v) is 7.40. The summed E-state index contributed by atoms with van der Waals surface area (Å²) in [6, 6.07) is 5.56. The van der Waals surface area contributed by atoms with Crippen LogP contribution in [0.5, 0.6) is 0 Å². The average Bonchev–Trinajstić information content (AvgIpc) is 2.86. The summed E-state index contributed by atoms with van der Waals surface area (Å²) >= 11 is 6.31. The van der Waals surface area contributed by atoms with Crippen molar-refractivity contribution in [1.29, 1.82) is 0 Å². The van der Waals surface area contributed by atoms with Gasteiger partial charge in [-0.2, -0.15) is 0 Å². The van der Waals surface area contributed by atoms with Gasteiger partial charge in [-0.05, 0) is 56.9 Å². The van der Waals surface area contributed by atoms with E-state index in [0.29, 0.717) is 22.4 Å². The van der Waals surface area contributed by atoms with Crippen LogP contribution in [0.2, 0.25) is 5.02 Å². The highest BCUT2D eigenvalue weighted by Gasteiger charge is 2.18. The molecule has 0 bridgehead atoms. The largest absolute Gasteiger partial charge is 0.341 e. The molecular formula is C20H25ClN4O. The molecule has 2 aromatic rings. The van der Waals surface area contributed by atoms with Gasteiger partial charge in [0.1, 0.15) is 5.69 Å². The number of benzene rings is 1. The summed E-state index contributed by atoms with van der Waals surface area (Å²) in [5, 5.41) is 3.45. The number of aryl methyl sites for hydroxylation is 3. The van der Waals surface area contributed by atoms with Crippen molar-refractivity contribution in [2.45, 2.75) is 46.5 Å². The molecule has 1 amide bonds. The monoisotopic (exact) mass is 372 g/mol. The quantitative estimate of drug-likeness (QED) is 0.849. The predicted octanol–water partition coefficient (Wildman–Crippen LogP) is 4.69. The maximum Gasteiger partial charge on any atom is 0.274 e. The smallest absolute Gasteiger partial charge is 0.274 e. The van der Waals surface area contributed by atoms with Gasteiger partial charge >= 0.3 is 0 Å². The maximum atomic E-state index is 12.8. The van der Waals surface area contributed by atoms with Crippen LogP contribution in [-0.2, 0) is 0 Å². The number of nitrogens with zero attached hydrogens (tertiary/aromatic N) is 3. The van der Waals surface area contributed by atoms with Crippen molar-refractivity contribution in [3.05, 3.63) is 45.7 Å². The Morgan fingerprint density at radius 2 is 1.73 bits per heavy atom. The molecule has 3 rings (SSSR count). The Morgan fingerprint density at radius 3 is 2.38 bits per heavy atom. The molecule has 5 nitrogen and oxygen atoms in total. The van der Waals surface area contributed by atoms with Crippen molar-refractivity contribution in [1.82, 2.24) is 9.97 Å². The van der Waals surface area contributed by atoms with Gasteiger partial charge in [0.2, 0.25) is 5.95 Å². The first-order valence-electron chi connectivity index (χ1n) is 9.13. The van der Waals surface area contributed by atoms with Crippen molar-refractivity contribution < 1.29 is 4.79 Å². The third kappa shape index (κ3) is 4.33. The number of amides is 1. The van der Waals surface area contributed by atoms with Gasteiger partial charge in [-0.1, -0.05) is 30.5 Å². The standard InChI is InChI=1S/C20H25ClN4O/c1-13-10-14(2)18(16(21)11-13)24-19(26)17-12-15(3)22-20(23-17)25-8-6-4-5-7-9-25/h10-12H,4-9H2,1-3H3,(H,24,26). The number of nitrogens with one attached hydrogen (secondary N) is 1. The number of aromatic nitrogens is 2. The number of hydrogen-bond donors (Lipinski definition) is 1. The lowest BCUT2D eigenvalue weighted by molar-refractivity contribution is 0.102. The van der Waals surface area contributed by atoms with Gasteiger partial charge in [-0.25, -0.2) is 9.97 Å². The van der Waals surface area contributed by atoms with Crippen LogP contribution < -0.4 is 10.2 Å². The molecule has 26 heavy (non-hydrogen) atoms. The summed E-state index contributed by atoms with van der Waals surface area (Å²) in [5.74, 6) is 0.379. The second-order valence-electron chi connectivity index (χ2n) is 6.99. The zero-order valence-electron chi connectivity index (χ0n) is 15.6. The minimum atomic E-state index is -0.263. The summed E-state index contributed by atoms with van der Waals surface area (Å²) < 4.78 is 0. The third-order valence-electron chi connectivity index (χ3n) is 4.63. The number of halogens is 1. The first-order valence-corrected chi connectivity index (χ1v) is 9.50. The van der Waals surface area contributed by atoms with Crippen LogP contribution in [0.15, 0.2) is 18.2 Å². The summed E-state index contributed by atoms with van der Waals surface area (Å²) in [4.78, 5) is 24.0. The molecule has 0 saturated carbocycles. The Labute approximate surface area is 159 Å². The van der Waals surface area contributed by atoms with Crippen molar-refractivity contribution in [3.8, 4) is 0 Å². The topological polar surface area (TPSA) is 58.1 Å². The first-order chi connectivity index (χ1) is 12.4. The summed E-state index contributed by atoms with van der Waals surface area (Å²) in [6.07, 6.45) is 4.75. The average molecular weight is 373 g/mol. The van der Waals surface area contributed by atoms with E-state index in [2.05, 4.69) is 20.2 Å². The molecule has 0 aliphatic carbocycles. The van der Waals surface area contributed by atoms with Crippen LogP contribution in [-0.4, -0.2) is 29.0 Å². The minimum absolute atomic E-state index is 0.263. The minimum Gasteiger partial charge on any atom is -0.341 e. The zero-order chi connectivity index (χ0) is 18.7. The highest BCUT2D eigenvalue weighted by Crippen LogP contribution is 2.28. The van der Waals surface area contributed by atoms with Crippen molar-refractivity contribution in [3.63, 3.8) is 0 Å². The normalized spacial score (nSPS) is 14.8. The summed E-state index contributed by atoms with van der Waals surface area (Å²) in [6.45, 7) is 7.68. The Morgan fingerprint density at radius 1 is 1.04 bits per heavy atom. The second kappa shape index (κ2) is 8.04. The third-order valence-corrected chi connectivity index (χ3v) is 4.93. The molecule has 2 heterocycles. The van der Waals surface area contributed by atoms with Crippen molar-refractivity contribution >= 4 is 29.1 Å². The van der Waals surface area contributed by atoms with Crippen LogP contribution in [0.3, 0.4) is 0 Å². The molecule has 1 saturated heterocycles. The maximum absolute atomic E-state index is 12.8. The highest BCUT2D eigenvalue weighted by molar-refractivity contribution is 6.34. The molecule has 1 aromatic heterocycles. The van der Waals surface area contributed by atoms with E-state index in [-0.39, 0.29) is 5.91 Å². The van der Waals surface area contributed by atoms with E-state index in [0.717, 1.165) is 42.8 Å². The molecule has 0 unspecified atom stereocenters. The van der Waals surface area contributed by atoms with E-state index < -0.39 is 0 Å². The van der Waals surface area contributed by atoms with Gasteiger partial charge in [-0.3, -0.25) is 4.79 Å². The number of anilines is 2. The molecule has 1 fully saturated rings. The highest BCUT2D eigenvalue weighted by atomic mass is 35.5. The van der Waals surface area contributed by atoms with Gasteiger partial charge in [0.15, 0.2) is 0 Å². The lowest BCUT2D eigenvalue weighted by Crippen LogP contribution is -2.27.